The number of hydrogen-bond donors (Lipinski definition) is 0. The number of fused-ring (bicyclic) bond motifs is 1. The van der Waals surface area contributed by atoms with E-state index in [2.05, 4.69) is 30.8 Å². The summed E-state index contributed by atoms with van der Waals surface area (Å²) in [5.74, 6) is 2.58. The second-order valence-corrected chi connectivity index (χ2v) is 3.93. The van der Waals surface area contributed by atoms with Crippen LogP contribution in [0.5, 0.6) is 0 Å². The predicted octanol–water partition coefficient (Wildman–Crippen LogP) is 2.94. The molecule has 0 fully saturated rings. The van der Waals surface area contributed by atoms with Gasteiger partial charge in [0.05, 0.1) is 17.6 Å². The topological polar surface area (TPSA) is 17.8 Å². The molecule has 0 unspecified atom stereocenters. The van der Waals surface area contributed by atoms with Gasteiger partial charge in [-0.1, -0.05) is 5.92 Å². The summed E-state index contributed by atoms with van der Waals surface area (Å²) in [7, 11) is 0. The molecule has 2 aromatic rings. The molecule has 3 heteroatoms. The summed E-state index contributed by atoms with van der Waals surface area (Å²) in [6, 6.07) is 4.10. The van der Waals surface area contributed by atoms with Crippen LogP contribution in [0.15, 0.2) is 12.1 Å². The standard InChI is InChI=1S/C12H11ClN2/c1-4-5-15-11-7-9(3)8(2)6-10(11)14-12(15)13/h1,6-7H,5H2,2-3H3. The zero-order valence-electron chi connectivity index (χ0n) is 8.71. The summed E-state index contributed by atoms with van der Waals surface area (Å²) in [4.78, 5) is 4.27. The Labute approximate surface area is 93.9 Å². The minimum absolute atomic E-state index is 0.452. The molecule has 0 radical (unpaired) electrons. The maximum atomic E-state index is 6.01. The molecule has 15 heavy (non-hydrogen) atoms. The number of benzene rings is 1. The molecule has 0 saturated heterocycles. The first kappa shape index (κ1) is 10.1. The van der Waals surface area contributed by atoms with Crippen LogP contribution >= 0.6 is 11.6 Å². The van der Waals surface area contributed by atoms with Gasteiger partial charge in [0.1, 0.15) is 0 Å². The van der Waals surface area contributed by atoms with E-state index in [0.717, 1.165) is 11.0 Å². The summed E-state index contributed by atoms with van der Waals surface area (Å²) in [6.07, 6.45) is 5.29. The minimum Gasteiger partial charge on any atom is -0.303 e. The molecule has 2 rings (SSSR count). The van der Waals surface area contributed by atoms with Gasteiger partial charge in [-0.25, -0.2) is 4.98 Å². The summed E-state index contributed by atoms with van der Waals surface area (Å²) in [5.41, 5.74) is 4.33. The lowest BCUT2D eigenvalue weighted by Gasteiger charge is -2.02. The fourth-order valence-electron chi connectivity index (χ4n) is 1.59. The Bertz CT molecular complexity index is 561. The number of nitrogens with zero attached hydrogens (tertiary/aromatic N) is 2. The average molecular weight is 219 g/mol. The quantitative estimate of drug-likeness (QED) is 0.673. The van der Waals surface area contributed by atoms with Gasteiger partial charge in [-0.15, -0.1) is 6.42 Å². The average Bonchev–Trinajstić information content (AvgIpc) is 2.46. The van der Waals surface area contributed by atoms with Crippen molar-refractivity contribution >= 4 is 22.6 Å². The van der Waals surface area contributed by atoms with Gasteiger partial charge in [-0.05, 0) is 48.7 Å². The number of imidazole rings is 1. The molecule has 0 bridgehead atoms. The number of rotatable bonds is 1. The molecule has 1 aromatic carbocycles. The number of aromatic nitrogens is 2. The van der Waals surface area contributed by atoms with Crippen LogP contribution < -0.4 is 0 Å². The second-order valence-electron chi connectivity index (χ2n) is 3.60. The van der Waals surface area contributed by atoms with Crippen LogP contribution in [0.1, 0.15) is 11.1 Å². The third kappa shape index (κ3) is 1.60. The van der Waals surface area contributed by atoms with E-state index in [9.17, 15) is 0 Å². The molecule has 0 spiro atoms. The Hall–Kier alpha value is -1.46. The molecular weight excluding hydrogens is 208 g/mol. The maximum Gasteiger partial charge on any atom is 0.204 e. The molecule has 0 aliphatic carbocycles. The Morgan fingerprint density at radius 2 is 2.07 bits per heavy atom. The van der Waals surface area contributed by atoms with E-state index >= 15 is 0 Å². The monoisotopic (exact) mass is 218 g/mol. The van der Waals surface area contributed by atoms with Crippen molar-refractivity contribution in [1.29, 1.82) is 0 Å². The molecule has 0 atom stereocenters. The molecule has 0 aliphatic heterocycles. The van der Waals surface area contributed by atoms with Gasteiger partial charge in [-0.3, -0.25) is 0 Å². The fraction of sp³-hybridized carbons (Fsp3) is 0.250. The van der Waals surface area contributed by atoms with Crippen LogP contribution in [0.2, 0.25) is 5.28 Å². The summed E-state index contributed by atoms with van der Waals surface area (Å²) in [6.45, 7) is 4.58. The largest absolute Gasteiger partial charge is 0.303 e. The summed E-state index contributed by atoms with van der Waals surface area (Å²) >= 11 is 6.01. The lowest BCUT2D eigenvalue weighted by atomic mass is 10.1. The van der Waals surface area contributed by atoms with E-state index in [1.807, 2.05) is 10.6 Å². The summed E-state index contributed by atoms with van der Waals surface area (Å²) in [5, 5.41) is 0.452. The van der Waals surface area contributed by atoms with Crippen LogP contribution in [0, 0.1) is 26.2 Å². The van der Waals surface area contributed by atoms with Crippen molar-refractivity contribution in [2.75, 3.05) is 0 Å². The highest BCUT2D eigenvalue weighted by Crippen LogP contribution is 2.22. The van der Waals surface area contributed by atoms with E-state index in [4.69, 9.17) is 18.0 Å². The number of terminal acetylenes is 1. The van der Waals surface area contributed by atoms with Crippen molar-refractivity contribution in [1.82, 2.24) is 9.55 Å². The molecular formula is C12H11ClN2. The maximum absolute atomic E-state index is 6.01. The molecule has 76 valence electrons. The minimum atomic E-state index is 0.452. The lowest BCUT2D eigenvalue weighted by Crippen LogP contribution is -1.95. The highest BCUT2D eigenvalue weighted by Gasteiger charge is 2.08. The Balaban J connectivity index is 2.77. The Morgan fingerprint density at radius 1 is 1.40 bits per heavy atom. The fourth-order valence-corrected chi connectivity index (χ4v) is 1.83. The zero-order valence-corrected chi connectivity index (χ0v) is 9.47. The SMILES string of the molecule is C#CCn1c(Cl)nc2cc(C)c(C)cc21. The molecule has 1 aromatic heterocycles. The Morgan fingerprint density at radius 3 is 2.73 bits per heavy atom. The van der Waals surface area contributed by atoms with Gasteiger partial charge < -0.3 is 4.57 Å². The van der Waals surface area contributed by atoms with Crippen molar-refractivity contribution in [3.05, 3.63) is 28.5 Å². The number of halogens is 1. The van der Waals surface area contributed by atoms with Crippen molar-refractivity contribution in [3.63, 3.8) is 0 Å². The van der Waals surface area contributed by atoms with E-state index < -0.39 is 0 Å². The van der Waals surface area contributed by atoms with Gasteiger partial charge in [-0.2, -0.15) is 0 Å². The zero-order chi connectivity index (χ0) is 11.0. The Kier molecular flexibility index (Phi) is 2.42. The third-order valence-electron chi connectivity index (χ3n) is 2.57. The van der Waals surface area contributed by atoms with Crippen LogP contribution in [0.25, 0.3) is 11.0 Å². The molecule has 2 nitrogen and oxygen atoms in total. The van der Waals surface area contributed by atoms with E-state index in [-0.39, 0.29) is 0 Å². The first-order valence-electron chi connectivity index (χ1n) is 4.70. The van der Waals surface area contributed by atoms with Crippen molar-refractivity contribution in [3.8, 4) is 12.3 Å². The van der Waals surface area contributed by atoms with Gasteiger partial charge in [0, 0.05) is 0 Å². The van der Waals surface area contributed by atoms with E-state index in [1.165, 1.54) is 11.1 Å². The van der Waals surface area contributed by atoms with Gasteiger partial charge in [0.15, 0.2) is 0 Å². The third-order valence-corrected chi connectivity index (χ3v) is 2.86. The molecule has 0 saturated carbocycles. The lowest BCUT2D eigenvalue weighted by molar-refractivity contribution is 0.871. The predicted molar refractivity (Wildman–Crippen MR) is 63.1 cm³/mol. The van der Waals surface area contributed by atoms with Crippen LogP contribution in [-0.4, -0.2) is 9.55 Å². The van der Waals surface area contributed by atoms with Gasteiger partial charge in [0.2, 0.25) is 5.28 Å². The van der Waals surface area contributed by atoms with Crippen molar-refractivity contribution in [2.24, 2.45) is 0 Å². The van der Waals surface area contributed by atoms with Crippen LogP contribution in [-0.2, 0) is 6.54 Å². The first-order chi connectivity index (χ1) is 7.13. The van der Waals surface area contributed by atoms with E-state index in [1.54, 1.807) is 0 Å². The van der Waals surface area contributed by atoms with Crippen LogP contribution in [0.3, 0.4) is 0 Å². The van der Waals surface area contributed by atoms with Gasteiger partial charge in [0.25, 0.3) is 0 Å². The smallest absolute Gasteiger partial charge is 0.204 e. The molecule has 0 aliphatic rings. The normalized spacial score (nSPS) is 10.5. The highest BCUT2D eigenvalue weighted by molar-refractivity contribution is 6.29. The van der Waals surface area contributed by atoms with Gasteiger partial charge >= 0.3 is 0 Å². The first-order valence-corrected chi connectivity index (χ1v) is 5.07. The van der Waals surface area contributed by atoms with E-state index in [0.29, 0.717) is 11.8 Å². The van der Waals surface area contributed by atoms with Crippen LogP contribution in [0.4, 0.5) is 0 Å². The number of hydrogen-bond acceptors (Lipinski definition) is 1. The molecule has 0 amide bonds. The molecule has 0 N–H and O–H groups in total. The highest BCUT2D eigenvalue weighted by atomic mass is 35.5. The van der Waals surface area contributed by atoms with Crippen molar-refractivity contribution < 1.29 is 0 Å². The summed E-state index contributed by atoms with van der Waals surface area (Å²) < 4.78 is 1.84. The number of aryl methyl sites for hydroxylation is 2. The van der Waals surface area contributed by atoms with Crippen molar-refractivity contribution in [2.45, 2.75) is 20.4 Å². The molecule has 1 heterocycles. The second kappa shape index (κ2) is 3.60.